The predicted octanol–water partition coefficient (Wildman–Crippen LogP) is 3.17. The fourth-order valence-corrected chi connectivity index (χ4v) is 0.650. The van der Waals surface area contributed by atoms with Gasteiger partial charge in [-0.05, 0) is 37.3 Å². The van der Waals surface area contributed by atoms with Gasteiger partial charge < -0.3 is 5.11 Å². The summed E-state index contributed by atoms with van der Waals surface area (Å²) in [5, 5.41) is 8.66. The Balaban J connectivity index is 0.000000385. The van der Waals surface area contributed by atoms with Crippen LogP contribution in [-0.2, 0) is 11.0 Å². The molecule has 0 saturated heterocycles. The average molecular weight is 232 g/mol. The summed E-state index contributed by atoms with van der Waals surface area (Å²) in [5.74, 6) is -0.150. The molecule has 0 heterocycles. The Kier molecular flexibility index (Phi) is 5.29. The summed E-state index contributed by atoms with van der Waals surface area (Å²) in [6.45, 7) is 4.68. The number of phenolic OH excluding ortho intramolecular Hbond substituents is 1. The SMILES string of the molecule is C=CC(C)=O.Oc1ccc(C(F)(F)F)cc1. The molecule has 0 fully saturated rings. The minimum atomic E-state index is -4.33. The maximum Gasteiger partial charge on any atom is 0.416 e. The Morgan fingerprint density at radius 3 is 1.94 bits per heavy atom. The fraction of sp³-hybridized carbons (Fsp3) is 0.182. The number of carbonyl (C=O) groups is 1. The summed E-state index contributed by atoms with van der Waals surface area (Å²) < 4.78 is 35.5. The van der Waals surface area contributed by atoms with E-state index < -0.39 is 11.7 Å². The van der Waals surface area contributed by atoms with Gasteiger partial charge in [-0.2, -0.15) is 13.2 Å². The average Bonchev–Trinajstić information content (AvgIpc) is 2.18. The van der Waals surface area contributed by atoms with Crippen molar-refractivity contribution in [3.8, 4) is 5.75 Å². The van der Waals surface area contributed by atoms with Crippen LogP contribution >= 0.6 is 0 Å². The largest absolute Gasteiger partial charge is 0.508 e. The first kappa shape index (κ1) is 14.2. The number of benzene rings is 1. The van der Waals surface area contributed by atoms with Crippen molar-refractivity contribution < 1.29 is 23.1 Å². The molecule has 16 heavy (non-hydrogen) atoms. The molecule has 2 nitrogen and oxygen atoms in total. The van der Waals surface area contributed by atoms with Gasteiger partial charge in [0.05, 0.1) is 5.56 Å². The van der Waals surface area contributed by atoms with Crippen molar-refractivity contribution in [2.24, 2.45) is 0 Å². The van der Waals surface area contributed by atoms with Crippen LogP contribution in [0.1, 0.15) is 12.5 Å². The minimum Gasteiger partial charge on any atom is -0.508 e. The number of carbonyl (C=O) groups excluding carboxylic acids is 1. The second kappa shape index (κ2) is 5.95. The zero-order chi connectivity index (χ0) is 12.8. The molecule has 0 bridgehead atoms. The lowest BCUT2D eigenvalue weighted by atomic mass is 10.2. The van der Waals surface area contributed by atoms with Gasteiger partial charge in [0.15, 0.2) is 5.78 Å². The molecule has 1 N–H and O–H groups in total. The number of ketones is 1. The smallest absolute Gasteiger partial charge is 0.416 e. The summed E-state index contributed by atoms with van der Waals surface area (Å²) >= 11 is 0. The van der Waals surface area contributed by atoms with Crippen LogP contribution < -0.4 is 0 Å². The van der Waals surface area contributed by atoms with Crippen LogP contribution in [0.15, 0.2) is 36.9 Å². The summed E-state index contributed by atoms with van der Waals surface area (Å²) in [5.41, 5.74) is -0.754. The molecule has 0 spiro atoms. The Morgan fingerprint density at radius 2 is 1.69 bits per heavy atom. The quantitative estimate of drug-likeness (QED) is 0.755. The number of halogens is 3. The maximum absolute atomic E-state index is 11.8. The highest BCUT2D eigenvalue weighted by atomic mass is 19.4. The molecule has 0 aliphatic rings. The van der Waals surface area contributed by atoms with Crippen molar-refractivity contribution in [2.45, 2.75) is 13.1 Å². The van der Waals surface area contributed by atoms with Crippen molar-refractivity contribution in [1.29, 1.82) is 0 Å². The molecule has 1 aromatic rings. The van der Waals surface area contributed by atoms with E-state index in [0.29, 0.717) is 0 Å². The first-order valence-electron chi connectivity index (χ1n) is 4.26. The number of alkyl halides is 3. The van der Waals surface area contributed by atoms with E-state index >= 15 is 0 Å². The third kappa shape index (κ3) is 5.85. The Labute approximate surface area is 91.0 Å². The van der Waals surface area contributed by atoms with Crippen LogP contribution in [-0.4, -0.2) is 10.9 Å². The topological polar surface area (TPSA) is 37.3 Å². The van der Waals surface area contributed by atoms with Gasteiger partial charge in [0.1, 0.15) is 5.75 Å². The number of rotatable bonds is 1. The molecule has 1 rings (SSSR count). The lowest BCUT2D eigenvalue weighted by Gasteiger charge is -2.04. The zero-order valence-corrected chi connectivity index (χ0v) is 8.58. The molecule has 0 radical (unpaired) electrons. The van der Waals surface area contributed by atoms with Crippen molar-refractivity contribution in [3.63, 3.8) is 0 Å². The number of hydrogen-bond acceptors (Lipinski definition) is 2. The lowest BCUT2D eigenvalue weighted by molar-refractivity contribution is -0.137. The predicted molar refractivity (Wildman–Crippen MR) is 54.0 cm³/mol. The Hall–Kier alpha value is -1.78. The van der Waals surface area contributed by atoms with Crippen molar-refractivity contribution in [2.75, 3.05) is 0 Å². The highest BCUT2D eigenvalue weighted by molar-refractivity contribution is 5.86. The molecular weight excluding hydrogens is 221 g/mol. The van der Waals surface area contributed by atoms with Gasteiger partial charge in [0.25, 0.3) is 0 Å². The molecule has 1 aromatic carbocycles. The normalized spacial score (nSPS) is 10.0. The van der Waals surface area contributed by atoms with E-state index in [2.05, 4.69) is 6.58 Å². The summed E-state index contributed by atoms with van der Waals surface area (Å²) in [4.78, 5) is 9.69. The number of phenols is 1. The number of hydrogen-bond donors (Lipinski definition) is 1. The van der Waals surface area contributed by atoms with Gasteiger partial charge in [-0.25, -0.2) is 0 Å². The summed E-state index contributed by atoms with van der Waals surface area (Å²) in [6.07, 6.45) is -3.05. The monoisotopic (exact) mass is 232 g/mol. The molecule has 88 valence electrons. The molecule has 5 heteroatoms. The second-order valence-corrected chi connectivity index (χ2v) is 2.86. The number of allylic oxidation sites excluding steroid dienone is 1. The van der Waals surface area contributed by atoms with E-state index in [0.717, 1.165) is 24.3 Å². The molecule has 0 aliphatic heterocycles. The highest BCUT2D eigenvalue weighted by Crippen LogP contribution is 2.29. The van der Waals surface area contributed by atoms with Crippen LogP contribution in [0.2, 0.25) is 0 Å². The van der Waals surface area contributed by atoms with E-state index in [9.17, 15) is 18.0 Å². The molecule has 0 atom stereocenters. The van der Waals surface area contributed by atoms with Crippen molar-refractivity contribution in [1.82, 2.24) is 0 Å². The fourth-order valence-electron chi connectivity index (χ4n) is 0.650. The first-order chi connectivity index (χ1) is 7.27. The highest BCUT2D eigenvalue weighted by Gasteiger charge is 2.29. The first-order valence-corrected chi connectivity index (χ1v) is 4.26. The molecule has 0 amide bonds. The van der Waals surface area contributed by atoms with Crippen molar-refractivity contribution in [3.05, 3.63) is 42.5 Å². The number of aromatic hydroxyl groups is 1. The van der Waals surface area contributed by atoms with E-state index in [-0.39, 0.29) is 11.5 Å². The summed E-state index contributed by atoms with van der Waals surface area (Å²) in [6, 6.07) is 3.66. The van der Waals surface area contributed by atoms with Crippen LogP contribution in [0.5, 0.6) is 5.75 Å². The third-order valence-electron chi connectivity index (χ3n) is 1.48. The second-order valence-electron chi connectivity index (χ2n) is 2.86. The van der Waals surface area contributed by atoms with Gasteiger partial charge in [0, 0.05) is 0 Å². The van der Waals surface area contributed by atoms with Gasteiger partial charge in [0.2, 0.25) is 0 Å². The van der Waals surface area contributed by atoms with Crippen LogP contribution in [0.25, 0.3) is 0 Å². The van der Waals surface area contributed by atoms with Crippen molar-refractivity contribution >= 4 is 5.78 Å². The minimum absolute atomic E-state index is 0.0185. The van der Waals surface area contributed by atoms with Gasteiger partial charge >= 0.3 is 6.18 Å². The maximum atomic E-state index is 11.8. The molecule has 0 saturated carbocycles. The molecular formula is C11H11F3O2. The van der Waals surface area contributed by atoms with Gasteiger partial charge in [-0.3, -0.25) is 4.79 Å². The molecule has 0 aromatic heterocycles. The third-order valence-corrected chi connectivity index (χ3v) is 1.48. The Bertz CT molecular complexity index is 352. The van der Waals surface area contributed by atoms with E-state index in [1.54, 1.807) is 0 Å². The van der Waals surface area contributed by atoms with E-state index in [4.69, 9.17) is 5.11 Å². The van der Waals surface area contributed by atoms with Crippen LogP contribution in [0, 0.1) is 0 Å². The van der Waals surface area contributed by atoms with E-state index in [1.165, 1.54) is 13.0 Å². The molecule has 0 aliphatic carbocycles. The Morgan fingerprint density at radius 1 is 1.31 bits per heavy atom. The van der Waals surface area contributed by atoms with Gasteiger partial charge in [-0.15, -0.1) is 0 Å². The lowest BCUT2D eigenvalue weighted by Crippen LogP contribution is -2.03. The zero-order valence-electron chi connectivity index (χ0n) is 8.58. The van der Waals surface area contributed by atoms with Crippen LogP contribution in [0.3, 0.4) is 0 Å². The van der Waals surface area contributed by atoms with Gasteiger partial charge in [-0.1, -0.05) is 6.58 Å². The molecule has 0 unspecified atom stereocenters. The standard InChI is InChI=1S/C7H5F3O.C4H6O/c8-7(9,10)5-1-3-6(11)4-2-5;1-3-4(2)5/h1-4,11H;3H,1H2,2H3. The van der Waals surface area contributed by atoms with Crippen LogP contribution in [0.4, 0.5) is 13.2 Å². The van der Waals surface area contributed by atoms with E-state index in [1.807, 2.05) is 0 Å². The summed E-state index contributed by atoms with van der Waals surface area (Å²) in [7, 11) is 0.